The molecule has 0 aliphatic carbocycles. The van der Waals surface area contributed by atoms with Crippen LogP contribution >= 0.6 is 0 Å². The molecule has 0 saturated carbocycles. The Labute approximate surface area is 125 Å². The maximum Gasteiger partial charge on any atom is 0.179 e. The van der Waals surface area contributed by atoms with Crippen LogP contribution < -0.4 is 5.32 Å². The number of benzene rings is 1. The highest BCUT2D eigenvalue weighted by Gasteiger charge is 2.22. The van der Waals surface area contributed by atoms with E-state index in [2.05, 4.69) is 5.32 Å². The van der Waals surface area contributed by atoms with E-state index in [0.717, 1.165) is 19.4 Å². The summed E-state index contributed by atoms with van der Waals surface area (Å²) in [5, 5.41) is 12.0. The third kappa shape index (κ3) is 4.27. The Kier molecular flexibility index (Phi) is 5.34. The van der Waals surface area contributed by atoms with Crippen LogP contribution in [0.2, 0.25) is 0 Å². The summed E-state index contributed by atoms with van der Waals surface area (Å²) in [5.41, 5.74) is 0.358. The summed E-state index contributed by atoms with van der Waals surface area (Å²) in [6.07, 6.45) is 2.26. The van der Waals surface area contributed by atoms with Crippen LogP contribution in [0, 0.1) is 11.3 Å². The lowest BCUT2D eigenvalue weighted by atomic mass is 10.1. The zero-order chi connectivity index (χ0) is 15.3. The molecule has 0 aromatic heterocycles. The zero-order valence-corrected chi connectivity index (χ0v) is 12.9. The summed E-state index contributed by atoms with van der Waals surface area (Å²) in [4.78, 5) is 0.202. The van der Waals surface area contributed by atoms with E-state index in [1.807, 2.05) is 13.0 Å². The molecule has 6 heteroatoms. The van der Waals surface area contributed by atoms with Crippen molar-refractivity contribution in [2.24, 2.45) is 0 Å². The van der Waals surface area contributed by atoms with Crippen LogP contribution in [0.1, 0.15) is 25.3 Å². The molecule has 1 N–H and O–H groups in total. The summed E-state index contributed by atoms with van der Waals surface area (Å²) in [6.45, 7) is 3.18. The normalized spacial score (nSPS) is 20.1. The van der Waals surface area contributed by atoms with E-state index in [0.29, 0.717) is 12.1 Å². The molecule has 21 heavy (non-hydrogen) atoms. The van der Waals surface area contributed by atoms with Gasteiger partial charge in [0.05, 0.1) is 28.4 Å². The number of rotatable bonds is 6. The smallest absolute Gasteiger partial charge is 0.179 e. The molecule has 1 fully saturated rings. The molecule has 1 aliphatic heterocycles. The van der Waals surface area contributed by atoms with Gasteiger partial charge in [0.1, 0.15) is 0 Å². The lowest BCUT2D eigenvalue weighted by Gasteiger charge is -2.19. The van der Waals surface area contributed by atoms with Crippen LogP contribution in [-0.2, 0) is 14.6 Å². The Bertz CT molecular complexity index is 616. The van der Waals surface area contributed by atoms with E-state index in [1.54, 1.807) is 12.1 Å². The first-order valence-electron chi connectivity index (χ1n) is 7.11. The van der Waals surface area contributed by atoms with Crippen molar-refractivity contribution in [2.45, 2.75) is 36.8 Å². The summed E-state index contributed by atoms with van der Waals surface area (Å²) >= 11 is 0. The van der Waals surface area contributed by atoms with Gasteiger partial charge in [-0.3, -0.25) is 0 Å². The van der Waals surface area contributed by atoms with Crippen LogP contribution in [0.25, 0.3) is 0 Å². The van der Waals surface area contributed by atoms with Crippen molar-refractivity contribution in [3.63, 3.8) is 0 Å². The van der Waals surface area contributed by atoms with Gasteiger partial charge in [-0.25, -0.2) is 8.42 Å². The van der Waals surface area contributed by atoms with E-state index in [9.17, 15) is 8.42 Å². The second kappa shape index (κ2) is 7.03. The predicted octanol–water partition coefficient (Wildman–Crippen LogP) is 1.49. The van der Waals surface area contributed by atoms with Gasteiger partial charge in [-0.1, -0.05) is 6.07 Å². The summed E-state index contributed by atoms with van der Waals surface area (Å²) in [5.74, 6) is 0.0128. The molecule has 0 spiro atoms. The lowest BCUT2D eigenvalue weighted by Crippen LogP contribution is -2.39. The van der Waals surface area contributed by atoms with Gasteiger partial charge in [0.25, 0.3) is 0 Å². The van der Waals surface area contributed by atoms with Gasteiger partial charge in [-0.2, -0.15) is 5.26 Å². The molecule has 1 aromatic carbocycles. The SMILES string of the molecule is CC(NCCS(=O)(=O)c1cccc(C#N)c1)C1CCCO1. The Morgan fingerprint density at radius 2 is 2.33 bits per heavy atom. The highest BCUT2D eigenvalue weighted by atomic mass is 32.2. The third-order valence-electron chi connectivity index (χ3n) is 3.68. The molecule has 2 rings (SSSR count). The molecular weight excluding hydrogens is 288 g/mol. The van der Waals surface area contributed by atoms with Crippen molar-refractivity contribution in [1.29, 1.82) is 5.26 Å². The number of nitrogens with one attached hydrogen (secondary N) is 1. The second-order valence-electron chi connectivity index (χ2n) is 5.25. The number of hydrogen-bond acceptors (Lipinski definition) is 5. The molecule has 1 heterocycles. The predicted molar refractivity (Wildman–Crippen MR) is 79.6 cm³/mol. The van der Waals surface area contributed by atoms with Crippen molar-refractivity contribution in [2.75, 3.05) is 18.9 Å². The summed E-state index contributed by atoms with van der Waals surface area (Å²) in [7, 11) is -3.37. The first-order chi connectivity index (χ1) is 10.0. The van der Waals surface area contributed by atoms with E-state index >= 15 is 0 Å². The number of hydrogen-bond donors (Lipinski definition) is 1. The van der Waals surface area contributed by atoms with Crippen molar-refractivity contribution in [1.82, 2.24) is 5.32 Å². The van der Waals surface area contributed by atoms with Gasteiger partial charge in [-0.15, -0.1) is 0 Å². The monoisotopic (exact) mass is 308 g/mol. The zero-order valence-electron chi connectivity index (χ0n) is 12.1. The van der Waals surface area contributed by atoms with Gasteiger partial charge >= 0.3 is 0 Å². The lowest BCUT2D eigenvalue weighted by molar-refractivity contribution is 0.0844. The minimum Gasteiger partial charge on any atom is -0.377 e. The highest BCUT2D eigenvalue weighted by Crippen LogP contribution is 2.16. The largest absolute Gasteiger partial charge is 0.377 e. The van der Waals surface area contributed by atoms with Gasteiger partial charge in [-0.05, 0) is 38.0 Å². The Morgan fingerprint density at radius 1 is 1.52 bits per heavy atom. The number of nitriles is 1. The summed E-state index contributed by atoms with van der Waals surface area (Å²) < 4.78 is 30.0. The van der Waals surface area contributed by atoms with E-state index < -0.39 is 9.84 Å². The first kappa shape index (κ1) is 16.0. The topological polar surface area (TPSA) is 79.2 Å². The maximum absolute atomic E-state index is 12.2. The number of ether oxygens (including phenoxy) is 1. The minimum atomic E-state index is -3.37. The quantitative estimate of drug-likeness (QED) is 0.861. The second-order valence-corrected chi connectivity index (χ2v) is 7.36. The average Bonchev–Trinajstić information content (AvgIpc) is 3.01. The molecule has 2 unspecified atom stereocenters. The van der Waals surface area contributed by atoms with Crippen LogP contribution in [0.15, 0.2) is 29.2 Å². The molecule has 1 aliphatic rings. The molecule has 2 atom stereocenters. The molecule has 0 radical (unpaired) electrons. The Morgan fingerprint density at radius 3 is 3.00 bits per heavy atom. The fraction of sp³-hybridized carbons (Fsp3) is 0.533. The molecular formula is C15H20N2O3S. The van der Waals surface area contributed by atoms with Gasteiger partial charge in [0.2, 0.25) is 0 Å². The fourth-order valence-electron chi connectivity index (χ4n) is 2.43. The van der Waals surface area contributed by atoms with E-state index in [1.165, 1.54) is 12.1 Å². The van der Waals surface area contributed by atoms with Crippen molar-refractivity contribution in [3.8, 4) is 6.07 Å². The molecule has 5 nitrogen and oxygen atoms in total. The van der Waals surface area contributed by atoms with Crippen LogP contribution in [0.5, 0.6) is 0 Å². The highest BCUT2D eigenvalue weighted by molar-refractivity contribution is 7.91. The average molecular weight is 308 g/mol. The molecule has 1 aromatic rings. The van der Waals surface area contributed by atoms with Crippen molar-refractivity contribution in [3.05, 3.63) is 29.8 Å². The minimum absolute atomic E-state index is 0.0128. The number of nitrogens with zero attached hydrogens (tertiary/aromatic N) is 1. The van der Waals surface area contributed by atoms with Gasteiger partial charge in [0, 0.05) is 19.2 Å². The summed E-state index contributed by atoms with van der Waals surface area (Å²) in [6, 6.07) is 8.23. The van der Waals surface area contributed by atoms with Gasteiger partial charge in [0.15, 0.2) is 9.84 Å². The Hall–Kier alpha value is -1.42. The fourth-order valence-corrected chi connectivity index (χ4v) is 3.64. The third-order valence-corrected chi connectivity index (χ3v) is 5.40. The first-order valence-corrected chi connectivity index (χ1v) is 8.76. The van der Waals surface area contributed by atoms with Crippen LogP contribution in [0.3, 0.4) is 0 Å². The number of sulfone groups is 1. The van der Waals surface area contributed by atoms with E-state index in [-0.39, 0.29) is 22.8 Å². The van der Waals surface area contributed by atoms with Gasteiger partial charge < -0.3 is 10.1 Å². The molecule has 1 saturated heterocycles. The Balaban J connectivity index is 1.90. The maximum atomic E-state index is 12.2. The molecule has 114 valence electrons. The van der Waals surface area contributed by atoms with Crippen molar-refractivity contribution >= 4 is 9.84 Å². The van der Waals surface area contributed by atoms with Crippen LogP contribution in [0.4, 0.5) is 0 Å². The van der Waals surface area contributed by atoms with Crippen LogP contribution in [-0.4, -0.2) is 39.5 Å². The van der Waals surface area contributed by atoms with Crippen molar-refractivity contribution < 1.29 is 13.2 Å². The molecule has 0 amide bonds. The molecule has 0 bridgehead atoms. The van der Waals surface area contributed by atoms with E-state index in [4.69, 9.17) is 10.00 Å². The standard InChI is InChI=1S/C15H20N2O3S/c1-12(15-6-3-8-20-15)17-7-9-21(18,19)14-5-2-4-13(10-14)11-16/h2,4-5,10,12,15,17H,3,6-9H2,1H3.